The highest BCUT2D eigenvalue weighted by molar-refractivity contribution is 9.10. The summed E-state index contributed by atoms with van der Waals surface area (Å²) in [5.41, 5.74) is 0.321. The Hall–Kier alpha value is -1.10. The topological polar surface area (TPSA) is 41.1 Å². The van der Waals surface area contributed by atoms with Crippen LogP contribution in [0.4, 0.5) is 10.1 Å². The molecule has 0 heterocycles. The molecule has 0 fully saturated rings. The lowest BCUT2D eigenvalue weighted by Gasteiger charge is -2.15. The van der Waals surface area contributed by atoms with E-state index in [9.17, 15) is 9.18 Å². The molecule has 1 atom stereocenters. The number of likely N-dealkylation sites (N-methyl/N-ethyl adjacent to an activating group) is 1. The Morgan fingerprint density at radius 3 is 2.81 bits per heavy atom. The molecule has 3 nitrogen and oxygen atoms in total. The molecule has 0 aliphatic heterocycles. The van der Waals surface area contributed by atoms with Gasteiger partial charge in [-0.25, -0.2) is 4.39 Å². The predicted octanol–water partition coefficient (Wildman–Crippen LogP) is 2.52. The predicted molar refractivity (Wildman–Crippen MR) is 65.9 cm³/mol. The van der Waals surface area contributed by atoms with Gasteiger partial charge in [0.2, 0.25) is 5.91 Å². The molecule has 2 N–H and O–H groups in total. The van der Waals surface area contributed by atoms with Gasteiger partial charge < -0.3 is 10.6 Å². The smallest absolute Gasteiger partial charge is 0.242 e. The van der Waals surface area contributed by atoms with Gasteiger partial charge in [-0.15, -0.1) is 0 Å². The normalized spacial score (nSPS) is 12.0. The van der Waals surface area contributed by atoms with Crippen LogP contribution in [0.2, 0.25) is 0 Å². The van der Waals surface area contributed by atoms with Gasteiger partial charge in [-0.05, 0) is 32.0 Å². The molecular formula is C11H14BrFN2O. The second kappa shape index (κ2) is 5.84. The maximum Gasteiger partial charge on any atom is 0.242 e. The Kier molecular flexibility index (Phi) is 4.73. The molecule has 16 heavy (non-hydrogen) atoms. The Balaban J connectivity index is 2.69. The number of amides is 1. The minimum atomic E-state index is -0.462. The molecule has 0 spiro atoms. The lowest BCUT2D eigenvalue weighted by molar-refractivity contribution is -0.121. The molecule has 88 valence electrons. The van der Waals surface area contributed by atoms with Crippen molar-refractivity contribution >= 4 is 27.5 Å². The fraction of sp³-hybridized carbons (Fsp3) is 0.364. The maximum atomic E-state index is 13.4. The molecule has 1 aromatic rings. The summed E-state index contributed by atoms with van der Waals surface area (Å²) in [7, 11) is 0. The summed E-state index contributed by atoms with van der Waals surface area (Å²) in [4.78, 5) is 11.4. The first-order valence-electron chi connectivity index (χ1n) is 5.04. The van der Waals surface area contributed by atoms with Crippen LogP contribution in [0.1, 0.15) is 13.8 Å². The van der Waals surface area contributed by atoms with E-state index in [1.807, 2.05) is 6.92 Å². The van der Waals surface area contributed by atoms with Gasteiger partial charge in [-0.3, -0.25) is 4.79 Å². The molecule has 1 amide bonds. The van der Waals surface area contributed by atoms with Gasteiger partial charge in [0, 0.05) is 11.0 Å². The van der Waals surface area contributed by atoms with Gasteiger partial charge in [0.1, 0.15) is 11.9 Å². The summed E-state index contributed by atoms with van der Waals surface area (Å²) >= 11 is 3.17. The van der Waals surface area contributed by atoms with Crippen LogP contribution in [-0.2, 0) is 4.79 Å². The van der Waals surface area contributed by atoms with E-state index in [4.69, 9.17) is 0 Å². The quantitative estimate of drug-likeness (QED) is 0.894. The second-order valence-electron chi connectivity index (χ2n) is 3.38. The van der Waals surface area contributed by atoms with Gasteiger partial charge in [-0.2, -0.15) is 0 Å². The van der Waals surface area contributed by atoms with Crippen molar-refractivity contribution in [3.05, 3.63) is 28.5 Å². The summed E-state index contributed by atoms with van der Waals surface area (Å²) in [5, 5.41) is 5.48. The van der Waals surface area contributed by atoms with Crippen molar-refractivity contribution in [2.75, 3.05) is 11.9 Å². The first-order valence-corrected chi connectivity index (χ1v) is 5.83. The summed E-state index contributed by atoms with van der Waals surface area (Å²) < 4.78 is 14.1. The van der Waals surface area contributed by atoms with E-state index in [1.165, 1.54) is 6.07 Å². The van der Waals surface area contributed by atoms with Crippen molar-refractivity contribution in [2.24, 2.45) is 0 Å². The number of anilines is 1. The van der Waals surface area contributed by atoms with Crippen LogP contribution < -0.4 is 10.6 Å². The summed E-state index contributed by atoms with van der Waals surface area (Å²) in [5.74, 6) is -0.532. The third-order valence-electron chi connectivity index (χ3n) is 2.05. The van der Waals surface area contributed by atoms with Crippen LogP contribution in [0.15, 0.2) is 22.7 Å². The van der Waals surface area contributed by atoms with Crippen LogP contribution in [0.5, 0.6) is 0 Å². The van der Waals surface area contributed by atoms with E-state index in [0.29, 0.717) is 16.7 Å². The number of nitrogens with one attached hydrogen (secondary N) is 2. The lowest BCUT2D eigenvalue weighted by atomic mass is 10.2. The summed E-state index contributed by atoms with van der Waals surface area (Å²) in [6.45, 7) is 4.09. The highest BCUT2D eigenvalue weighted by Gasteiger charge is 2.13. The van der Waals surface area contributed by atoms with E-state index in [0.717, 1.165) is 0 Å². The number of rotatable bonds is 4. The molecule has 0 aliphatic rings. The van der Waals surface area contributed by atoms with E-state index in [2.05, 4.69) is 26.6 Å². The number of benzene rings is 1. The number of hydrogen-bond donors (Lipinski definition) is 2. The third-order valence-corrected chi connectivity index (χ3v) is 2.54. The van der Waals surface area contributed by atoms with Gasteiger partial charge in [0.25, 0.3) is 0 Å². The van der Waals surface area contributed by atoms with Crippen molar-refractivity contribution < 1.29 is 9.18 Å². The number of halogens is 2. The highest BCUT2D eigenvalue weighted by Crippen LogP contribution is 2.19. The average Bonchev–Trinajstić information content (AvgIpc) is 2.22. The van der Waals surface area contributed by atoms with E-state index in [1.54, 1.807) is 19.1 Å². The van der Waals surface area contributed by atoms with E-state index in [-0.39, 0.29) is 11.7 Å². The molecule has 0 saturated carbocycles. The first kappa shape index (κ1) is 13.0. The Morgan fingerprint density at radius 1 is 1.56 bits per heavy atom. The maximum absolute atomic E-state index is 13.4. The molecule has 0 radical (unpaired) electrons. The molecule has 1 rings (SSSR count). The minimum Gasteiger partial charge on any atom is -0.372 e. The molecule has 0 bridgehead atoms. The van der Waals surface area contributed by atoms with Crippen molar-refractivity contribution in [1.29, 1.82) is 0 Å². The zero-order chi connectivity index (χ0) is 12.1. The number of hydrogen-bond acceptors (Lipinski definition) is 2. The van der Waals surface area contributed by atoms with Gasteiger partial charge >= 0.3 is 0 Å². The van der Waals surface area contributed by atoms with Crippen LogP contribution in [0.3, 0.4) is 0 Å². The molecule has 0 saturated heterocycles. The number of carbonyl (C=O) groups is 1. The first-order chi connectivity index (χ1) is 7.54. The third kappa shape index (κ3) is 3.48. The van der Waals surface area contributed by atoms with Gasteiger partial charge in [-0.1, -0.05) is 15.9 Å². The van der Waals surface area contributed by atoms with Crippen molar-refractivity contribution in [1.82, 2.24) is 5.32 Å². The SMILES string of the molecule is CCNC(=O)C(C)Nc1ccc(Br)cc1F. The molecular weight excluding hydrogens is 275 g/mol. The summed E-state index contributed by atoms with van der Waals surface area (Å²) in [6, 6.07) is 4.20. The average molecular weight is 289 g/mol. The van der Waals surface area contributed by atoms with Crippen LogP contribution >= 0.6 is 15.9 Å². The molecule has 5 heteroatoms. The monoisotopic (exact) mass is 288 g/mol. The van der Waals surface area contributed by atoms with E-state index >= 15 is 0 Å². The van der Waals surface area contributed by atoms with Gasteiger partial charge in [0.15, 0.2) is 0 Å². The van der Waals surface area contributed by atoms with Gasteiger partial charge in [0.05, 0.1) is 5.69 Å². The number of carbonyl (C=O) groups excluding carboxylic acids is 1. The van der Waals surface area contributed by atoms with Crippen LogP contribution in [0.25, 0.3) is 0 Å². The van der Waals surface area contributed by atoms with Crippen molar-refractivity contribution in [3.8, 4) is 0 Å². The zero-order valence-electron chi connectivity index (χ0n) is 9.18. The summed E-state index contributed by atoms with van der Waals surface area (Å²) in [6.07, 6.45) is 0. The van der Waals surface area contributed by atoms with E-state index < -0.39 is 6.04 Å². The van der Waals surface area contributed by atoms with Crippen molar-refractivity contribution in [2.45, 2.75) is 19.9 Å². The Morgan fingerprint density at radius 2 is 2.25 bits per heavy atom. The Bertz CT molecular complexity index is 384. The highest BCUT2D eigenvalue weighted by atomic mass is 79.9. The van der Waals surface area contributed by atoms with Crippen molar-refractivity contribution in [3.63, 3.8) is 0 Å². The molecule has 0 aromatic heterocycles. The fourth-order valence-electron chi connectivity index (χ4n) is 1.23. The fourth-order valence-corrected chi connectivity index (χ4v) is 1.57. The largest absolute Gasteiger partial charge is 0.372 e. The Labute approximate surface area is 103 Å². The molecule has 1 unspecified atom stereocenters. The van der Waals surface area contributed by atoms with Crippen LogP contribution in [0, 0.1) is 5.82 Å². The van der Waals surface area contributed by atoms with Crippen LogP contribution in [-0.4, -0.2) is 18.5 Å². The lowest BCUT2D eigenvalue weighted by Crippen LogP contribution is -2.37. The minimum absolute atomic E-state index is 0.148. The zero-order valence-corrected chi connectivity index (χ0v) is 10.8. The molecule has 0 aliphatic carbocycles. The second-order valence-corrected chi connectivity index (χ2v) is 4.30. The standard InChI is InChI=1S/C11H14BrFN2O/c1-3-14-11(16)7(2)15-10-5-4-8(12)6-9(10)13/h4-7,15H,3H2,1-2H3,(H,14,16). The molecule has 1 aromatic carbocycles.